The second-order valence-corrected chi connectivity index (χ2v) is 7.97. The molecule has 0 spiro atoms. The summed E-state index contributed by atoms with van der Waals surface area (Å²) < 4.78 is 32.2. The summed E-state index contributed by atoms with van der Waals surface area (Å²) in [6.45, 7) is 5.46. The molecule has 110 valence electrons. The molecular formula is C12H21NO5S. The van der Waals surface area contributed by atoms with Gasteiger partial charge in [0.1, 0.15) is 5.60 Å². The maximum atomic E-state index is 12.1. The number of hydrogen-bond acceptors (Lipinski definition) is 5. The largest absolute Gasteiger partial charge is 0.444 e. The molecule has 2 fully saturated rings. The molecule has 1 aliphatic heterocycles. The van der Waals surface area contributed by atoms with Gasteiger partial charge in [-0.1, -0.05) is 0 Å². The topological polar surface area (TPSA) is 72.9 Å². The average molecular weight is 291 g/mol. The van der Waals surface area contributed by atoms with Crippen LogP contribution in [0, 0.1) is 5.92 Å². The van der Waals surface area contributed by atoms with Crippen molar-refractivity contribution in [3.05, 3.63) is 0 Å². The summed E-state index contributed by atoms with van der Waals surface area (Å²) in [4.78, 5) is 13.8. The van der Waals surface area contributed by atoms with Crippen molar-refractivity contribution in [2.24, 2.45) is 5.92 Å². The highest BCUT2D eigenvalue weighted by molar-refractivity contribution is 7.85. The summed E-state index contributed by atoms with van der Waals surface area (Å²) >= 11 is 0. The number of ether oxygens (including phenoxy) is 1. The lowest BCUT2D eigenvalue weighted by atomic mass is 10.2. The Morgan fingerprint density at radius 1 is 1.32 bits per heavy atom. The van der Waals surface area contributed by atoms with E-state index in [1.165, 1.54) is 0 Å². The van der Waals surface area contributed by atoms with Crippen LogP contribution in [0.25, 0.3) is 0 Å². The Morgan fingerprint density at radius 3 is 2.47 bits per heavy atom. The molecule has 0 aromatic heterocycles. The maximum absolute atomic E-state index is 12.1. The first kappa shape index (κ1) is 14.6. The molecule has 2 rings (SSSR count). The first-order valence-corrected chi connectivity index (χ1v) is 8.24. The van der Waals surface area contributed by atoms with Gasteiger partial charge in [-0.25, -0.2) is 4.79 Å². The number of piperidine rings is 1. The lowest BCUT2D eigenvalue weighted by Gasteiger charge is -2.30. The van der Waals surface area contributed by atoms with E-state index in [4.69, 9.17) is 8.92 Å². The van der Waals surface area contributed by atoms with Gasteiger partial charge in [0.25, 0.3) is 10.1 Å². The molecule has 1 saturated carbocycles. The van der Waals surface area contributed by atoms with Crippen LogP contribution in [0.1, 0.15) is 33.6 Å². The third-order valence-electron chi connectivity index (χ3n) is 3.29. The van der Waals surface area contributed by atoms with Crippen molar-refractivity contribution in [1.82, 2.24) is 4.90 Å². The van der Waals surface area contributed by atoms with Crippen molar-refractivity contribution >= 4 is 16.2 Å². The minimum Gasteiger partial charge on any atom is -0.444 e. The van der Waals surface area contributed by atoms with Gasteiger partial charge in [0.2, 0.25) is 0 Å². The van der Waals surface area contributed by atoms with Crippen molar-refractivity contribution in [3.63, 3.8) is 0 Å². The van der Waals surface area contributed by atoms with Crippen molar-refractivity contribution in [3.8, 4) is 0 Å². The molecule has 1 heterocycles. The fourth-order valence-electron chi connectivity index (χ4n) is 2.51. The summed E-state index contributed by atoms with van der Waals surface area (Å²) in [5.74, 6) is 0.473. The van der Waals surface area contributed by atoms with Crippen molar-refractivity contribution in [1.29, 1.82) is 0 Å². The predicted molar refractivity (Wildman–Crippen MR) is 69.2 cm³/mol. The normalized spacial score (nSPS) is 30.1. The summed E-state index contributed by atoms with van der Waals surface area (Å²) in [5, 5.41) is 0. The number of nitrogens with zero attached hydrogens (tertiary/aromatic N) is 1. The van der Waals surface area contributed by atoms with Crippen LogP contribution in [0.15, 0.2) is 0 Å². The van der Waals surface area contributed by atoms with E-state index >= 15 is 0 Å². The number of rotatable bonds is 3. The van der Waals surface area contributed by atoms with E-state index in [1.807, 2.05) is 20.8 Å². The van der Waals surface area contributed by atoms with Gasteiger partial charge in [-0.15, -0.1) is 0 Å². The molecule has 19 heavy (non-hydrogen) atoms. The molecule has 3 atom stereocenters. The molecule has 3 unspecified atom stereocenters. The highest BCUT2D eigenvalue weighted by Gasteiger charge is 2.55. The van der Waals surface area contributed by atoms with Crippen LogP contribution in [-0.4, -0.2) is 50.0 Å². The zero-order valence-electron chi connectivity index (χ0n) is 11.8. The molecule has 1 amide bonds. The lowest BCUT2D eigenvalue weighted by Crippen LogP contribution is -2.44. The average Bonchev–Trinajstić information content (AvgIpc) is 2.83. The Kier molecular flexibility index (Phi) is 3.55. The fraction of sp³-hybridized carbons (Fsp3) is 0.917. The van der Waals surface area contributed by atoms with E-state index in [1.54, 1.807) is 4.90 Å². The van der Waals surface area contributed by atoms with Crippen LogP contribution in [0.2, 0.25) is 0 Å². The molecule has 0 aromatic carbocycles. The summed E-state index contributed by atoms with van der Waals surface area (Å²) in [7, 11) is -3.48. The van der Waals surface area contributed by atoms with E-state index in [-0.39, 0.29) is 24.8 Å². The minimum absolute atomic E-state index is 0.0189. The second kappa shape index (κ2) is 4.63. The van der Waals surface area contributed by atoms with E-state index in [9.17, 15) is 13.2 Å². The number of fused-ring (bicyclic) bond motifs is 1. The van der Waals surface area contributed by atoms with E-state index in [0.29, 0.717) is 5.92 Å². The fourth-order valence-corrected chi connectivity index (χ4v) is 2.91. The molecule has 0 aromatic rings. The van der Waals surface area contributed by atoms with Gasteiger partial charge in [-0.2, -0.15) is 8.42 Å². The third-order valence-corrected chi connectivity index (χ3v) is 3.85. The summed E-state index contributed by atoms with van der Waals surface area (Å²) in [5.41, 5.74) is -0.549. The number of carbonyl (C=O) groups excluding carboxylic acids is 1. The smallest absolute Gasteiger partial charge is 0.410 e. The van der Waals surface area contributed by atoms with Crippen molar-refractivity contribution in [2.45, 2.75) is 51.3 Å². The molecule has 1 saturated heterocycles. The van der Waals surface area contributed by atoms with Crippen LogP contribution >= 0.6 is 0 Å². The predicted octanol–water partition coefficient (Wildman–Crippen LogP) is 1.36. The number of amides is 1. The lowest BCUT2D eigenvalue weighted by molar-refractivity contribution is 0.0141. The van der Waals surface area contributed by atoms with Crippen LogP contribution in [0.3, 0.4) is 0 Å². The maximum Gasteiger partial charge on any atom is 0.410 e. The van der Waals surface area contributed by atoms with Crippen LogP contribution in [0.5, 0.6) is 0 Å². The second-order valence-electron chi connectivity index (χ2n) is 6.33. The van der Waals surface area contributed by atoms with Gasteiger partial charge in [-0.3, -0.25) is 9.08 Å². The third kappa shape index (κ3) is 3.82. The molecule has 2 aliphatic rings. The quantitative estimate of drug-likeness (QED) is 0.734. The van der Waals surface area contributed by atoms with E-state index in [0.717, 1.165) is 19.1 Å². The van der Waals surface area contributed by atoms with Gasteiger partial charge >= 0.3 is 6.09 Å². The zero-order chi connectivity index (χ0) is 14.4. The standard InChI is InChI=1S/C12H21NO5S/c1-12(2,3)18-11(14)13-9(5-8-6-10(8)13)7-17-19(4,15)16/h8-10H,5-7H2,1-4H3. The number of hydrogen-bond donors (Lipinski definition) is 0. The number of likely N-dealkylation sites (tertiary alicyclic amines) is 1. The Hall–Kier alpha value is -0.820. The van der Waals surface area contributed by atoms with Gasteiger partial charge in [0.15, 0.2) is 0 Å². The van der Waals surface area contributed by atoms with Crippen molar-refractivity contribution in [2.75, 3.05) is 12.9 Å². The highest BCUT2D eigenvalue weighted by Crippen LogP contribution is 2.48. The summed E-state index contributed by atoms with van der Waals surface area (Å²) in [6.07, 6.45) is 2.41. The molecule has 0 radical (unpaired) electrons. The van der Waals surface area contributed by atoms with Crippen LogP contribution in [0.4, 0.5) is 4.79 Å². The van der Waals surface area contributed by atoms with Gasteiger partial charge in [-0.05, 0) is 39.5 Å². The first-order valence-electron chi connectivity index (χ1n) is 6.42. The Bertz CT molecular complexity index is 467. The summed E-state index contributed by atoms with van der Waals surface area (Å²) in [6, 6.07) is -0.00339. The Labute approximate surface area is 114 Å². The Balaban J connectivity index is 1.98. The zero-order valence-corrected chi connectivity index (χ0v) is 12.6. The number of carbonyl (C=O) groups is 1. The van der Waals surface area contributed by atoms with Gasteiger partial charge in [0.05, 0.1) is 18.9 Å². The molecule has 0 bridgehead atoms. The molecule has 6 nitrogen and oxygen atoms in total. The highest BCUT2D eigenvalue weighted by atomic mass is 32.2. The SMILES string of the molecule is CC(C)(C)OC(=O)N1C(COS(C)(=O)=O)CC2CC21. The first-order chi connectivity index (χ1) is 8.57. The molecular weight excluding hydrogens is 270 g/mol. The minimum atomic E-state index is -3.48. The Morgan fingerprint density at radius 2 is 1.95 bits per heavy atom. The van der Waals surface area contributed by atoms with Crippen LogP contribution < -0.4 is 0 Å². The van der Waals surface area contributed by atoms with E-state index < -0.39 is 15.7 Å². The monoisotopic (exact) mass is 291 g/mol. The molecule has 0 N–H and O–H groups in total. The molecule has 7 heteroatoms. The van der Waals surface area contributed by atoms with Gasteiger partial charge < -0.3 is 4.74 Å². The van der Waals surface area contributed by atoms with E-state index in [2.05, 4.69) is 0 Å². The molecule has 1 aliphatic carbocycles. The van der Waals surface area contributed by atoms with Gasteiger partial charge in [0, 0.05) is 6.04 Å². The van der Waals surface area contributed by atoms with Crippen molar-refractivity contribution < 1.29 is 22.1 Å². The van der Waals surface area contributed by atoms with Crippen LogP contribution in [-0.2, 0) is 19.0 Å².